The van der Waals surface area contributed by atoms with E-state index in [1.165, 1.54) is 22.7 Å². The van der Waals surface area contributed by atoms with Crippen LogP contribution >= 0.6 is 22.7 Å². The molecule has 2 aromatic rings. The molecule has 0 aromatic carbocycles. The number of rotatable bonds is 4. The summed E-state index contributed by atoms with van der Waals surface area (Å²) < 4.78 is 12.6. The molecular formula is C19H22NO4S2+. The van der Waals surface area contributed by atoms with Gasteiger partial charge in [0, 0.05) is 12.8 Å². The molecule has 2 aromatic heterocycles. The number of thiophene rings is 2. The Kier molecular flexibility index (Phi) is 3.65. The highest BCUT2D eigenvalue weighted by molar-refractivity contribution is 7.12. The number of nitrogens with zero attached hydrogens (tertiary/aromatic N) is 1. The topological polar surface area (TPSA) is 59.1 Å². The normalized spacial score (nSPS) is 34.3. The number of hydrogen-bond acceptors (Lipinski definition) is 6. The van der Waals surface area contributed by atoms with Crippen LogP contribution in [-0.4, -0.2) is 60.0 Å². The van der Waals surface area contributed by atoms with Gasteiger partial charge >= 0.3 is 5.97 Å². The second-order valence-electron chi connectivity index (χ2n) is 7.99. The van der Waals surface area contributed by atoms with Crippen LogP contribution in [0.4, 0.5) is 0 Å². The second kappa shape index (κ2) is 5.62. The number of ether oxygens (including phenoxy) is 2. The molecule has 3 saturated heterocycles. The predicted octanol–water partition coefficient (Wildman–Crippen LogP) is 2.35. The van der Waals surface area contributed by atoms with Gasteiger partial charge in [-0.1, -0.05) is 12.1 Å². The van der Waals surface area contributed by atoms with Crippen LogP contribution in [0.2, 0.25) is 0 Å². The van der Waals surface area contributed by atoms with Crippen LogP contribution in [0.25, 0.3) is 0 Å². The lowest BCUT2D eigenvalue weighted by atomic mass is 9.95. The van der Waals surface area contributed by atoms with E-state index < -0.39 is 11.6 Å². The molecule has 3 aliphatic heterocycles. The standard InChI is InChI=1S/C19H22NO4S2/c1-20(2)12-9-11(10-13(20)17-16(12)24-17)23-18(21)19(22,14-5-3-7-25-14)15-6-4-8-26-15/h3-8,11-13,16-17,22H,9-10H2,1-2H3/q+1/t11?,12-,13-,16-,17+/m1/s1. The third-order valence-electron chi connectivity index (χ3n) is 6.36. The summed E-state index contributed by atoms with van der Waals surface area (Å²) in [4.78, 5) is 14.3. The smallest absolute Gasteiger partial charge is 0.349 e. The average Bonchev–Trinajstić information content (AvgIpc) is 2.98. The summed E-state index contributed by atoms with van der Waals surface area (Å²) in [7, 11) is 4.49. The molecule has 7 heteroatoms. The maximum atomic E-state index is 13.1. The molecule has 2 bridgehead atoms. The monoisotopic (exact) mass is 392 g/mol. The van der Waals surface area contributed by atoms with E-state index in [1.54, 1.807) is 12.1 Å². The Morgan fingerprint density at radius 2 is 1.69 bits per heavy atom. The largest absolute Gasteiger partial charge is 0.459 e. The van der Waals surface area contributed by atoms with Gasteiger partial charge in [-0.05, 0) is 22.9 Å². The maximum Gasteiger partial charge on any atom is 0.349 e. The van der Waals surface area contributed by atoms with Crippen molar-refractivity contribution in [1.82, 2.24) is 0 Å². The predicted molar refractivity (Wildman–Crippen MR) is 99.1 cm³/mol. The SMILES string of the molecule is C[N+]1(C)[C@@H]2CC(OC(=O)C(O)(c3cccs3)c3cccs3)C[C@@H]1[C@H]1O[C@H]12. The number of morpholine rings is 1. The van der Waals surface area contributed by atoms with Crippen LogP contribution in [0.15, 0.2) is 35.0 Å². The van der Waals surface area contributed by atoms with Gasteiger partial charge in [-0.15, -0.1) is 22.7 Å². The number of quaternary nitrogens is 1. The summed E-state index contributed by atoms with van der Waals surface area (Å²) in [5.41, 5.74) is -1.72. The molecule has 138 valence electrons. The molecule has 1 N–H and O–H groups in total. The van der Waals surface area contributed by atoms with Crippen molar-refractivity contribution in [3.63, 3.8) is 0 Å². The van der Waals surface area contributed by atoms with Crippen molar-refractivity contribution < 1.29 is 23.9 Å². The fourth-order valence-corrected chi connectivity index (χ4v) is 6.54. The Hall–Kier alpha value is -1.25. The summed E-state index contributed by atoms with van der Waals surface area (Å²) >= 11 is 2.74. The van der Waals surface area contributed by atoms with E-state index in [1.807, 2.05) is 22.9 Å². The minimum atomic E-state index is -1.72. The fourth-order valence-electron chi connectivity index (χ4n) is 4.83. The van der Waals surface area contributed by atoms with Gasteiger partial charge in [0.1, 0.15) is 30.4 Å². The zero-order chi connectivity index (χ0) is 18.1. The van der Waals surface area contributed by atoms with Crippen LogP contribution in [0.3, 0.4) is 0 Å². The van der Waals surface area contributed by atoms with E-state index in [9.17, 15) is 9.90 Å². The highest BCUT2D eigenvalue weighted by Gasteiger charge is 2.71. The number of hydrogen-bond donors (Lipinski definition) is 1. The molecular weight excluding hydrogens is 370 g/mol. The van der Waals surface area contributed by atoms with E-state index >= 15 is 0 Å². The molecule has 5 rings (SSSR count). The average molecular weight is 393 g/mol. The summed E-state index contributed by atoms with van der Waals surface area (Å²) in [5, 5.41) is 15.1. The molecule has 5 heterocycles. The van der Waals surface area contributed by atoms with Crippen molar-refractivity contribution in [3.05, 3.63) is 44.8 Å². The van der Waals surface area contributed by atoms with E-state index in [4.69, 9.17) is 9.47 Å². The van der Waals surface area contributed by atoms with Crippen molar-refractivity contribution in [2.45, 2.75) is 48.8 Å². The number of likely N-dealkylation sites (N-methyl/N-ethyl adjacent to an activating group) is 1. The number of carbonyl (C=O) groups is 1. The van der Waals surface area contributed by atoms with Crippen molar-refractivity contribution in [2.24, 2.45) is 0 Å². The summed E-state index contributed by atoms with van der Waals surface area (Å²) in [6.07, 6.45) is 2.05. The third kappa shape index (κ3) is 2.28. The Bertz CT molecular complexity index is 762. The van der Waals surface area contributed by atoms with Crippen molar-refractivity contribution in [3.8, 4) is 0 Å². The molecule has 0 aliphatic carbocycles. The van der Waals surface area contributed by atoms with Gasteiger partial charge in [-0.25, -0.2) is 4.79 Å². The molecule has 0 saturated carbocycles. The van der Waals surface area contributed by atoms with Gasteiger partial charge < -0.3 is 19.1 Å². The fraction of sp³-hybridized carbons (Fsp3) is 0.526. The number of esters is 1. The molecule has 0 radical (unpaired) electrons. The van der Waals surface area contributed by atoms with Crippen LogP contribution in [0.1, 0.15) is 22.6 Å². The quantitative estimate of drug-likeness (QED) is 0.493. The van der Waals surface area contributed by atoms with Gasteiger partial charge in [0.05, 0.1) is 23.8 Å². The number of carbonyl (C=O) groups excluding carboxylic acids is 1. The minimum Gasteiger partial charge on any atom is -0.459 e. The van der Waals surface area contributed by atoms with Crippen LogP contribution in [0.5, 0.6) is 0 Å². The van der Waals surface area contributed by atoms with E-state index in [-0.39, 0.29) is 6.10 Å². The molecule has 5 atom stereocenters. The highest BCUT2D eigenvalue weighted by atomic mass is 32.1. The summed E-state index contributed by atoms with van der Waals surface area (Å²) in [5.74, 6) is -0.561. The van der Waals surface area contributed by atoms with E-state index in [2.05, 4.69) is 14.1 Å². The Labute approximate surface area is 160 Å². The van der Waals surface area contributed by atoms with Crippen LogP contribution in [0, 0.1) is 0 Å². The molecule has 3 fully saturated rings. The molecule has 3 aliphatic rings. The number of epoxide rings is 1. The lowest BCUT2D eigenvalue weighted by Crippen LogP contribution is -2.60. The molecule has 0 spiro atoms. The van der Waals surface area contributed by atoms with Crippen LogP contribution < -0.4 is 0 Å². The highest BCUT2D eigenvalue weighted by Crippen LogP contribution is 2.52. The first kappa shape index (κ1) is 16.9. The second-order valence-corrected chi connectivity index (χ2v) is 9.89. The van der Waals surface area contributed by atoms with Gasteiger partial charge in [0.15, 0.2) is 0 Å². The minimum absolute atomic E-state index is 0.161. The van der Waals surface area contributed by atoms with Crippen molar-refractivity contribution in [1.29, 1.82) is 0 Å². The first-order chi connectivity index (χ1) is 12.4. The lowest BCUT2D eigenvalue weighted by molar-refractivity contribution is -0.938. The Morgan fingerprint density at radius 1 is 1.15 bits per heavy atom. The van der Waals surface area contributed by atoms with E-state index in [0.29, 0.717) is 34.0 Å². The summed E-state index contributed by atoms with van der Waals surface area (Å²) in [6.45, 7) is 0. The first-order valence-corrected chi connectivity index (χ1v) is 10.7. The third-order valence-corrected chi connectivity index (χ3v) is 8.32. The van der Waals surface area contributed by atoms with E-state index in [0.717, 1.165) is 17.3 Å². The van der Waals surface area contributed by atoms with Gasteiger partial charge in [0.2, 0.25) is 5.60 Å². The van der Waals surface area contributed by atoms with Crippen molar-refractivity contribution in [2.75, 3.05) is 14.1 Å². The van der Waals surface area contributed by atoms with Crippen molar-refractivity contribution >= 4 is 28.6 Å². The van der Waals surface area contributed by atoms with Crippen LogP contribution in [-0.2, 0) is 19.9 Å². The molecule has 0 amide bonds. The number of aliphatic hydroxyl groups is 1. The van der Waals surface area contributed by atoms with Gasteiger partial charge in [-0.2, -0.15) is 0 Å². The number of fused-ring (bicyclic) bond motifs is 5. The molecule has 5 nitrogen and oxygen atoms in total. The van der Waals surface area contributed by atoms with Gasteiger partial charge in [-0.3, -0.25) is 0 Å². The lowest BCUT2D eigenvalue weighted by Gasteiger charge is -2.45. The first-order valence-electron chi connectivity index (χ1n) is 8.92. The Balaban J connectivity index is 1.40. The number of piperidine rings is 1. The summed E-state index contributed by atoms with van der Waals surface area (Å²) in [6, 6.07) is 8.01. The molecule has 26 heavy (non-hydrogen) atoms. The zero-order valence-electron chi connectivity index (χ0n) is 14.7. The maximum absolute atomic E-state index is 13.1. The molecule has 1 unspecified atom stereocenters. The Morgan fingerprint density at radius 3 is 2.15 bits per heavy atom. The zero-order valence-corrected chi connectivity index (χ0v) is 16.3. The van der Waals surface area contributed by atoms with Gasteiger partial charge in [0.25, 0.3) is 0 Å².